The van der Waals surface area contributed by atoms with E-state index in [9.17, 15) is 13.2 Å². The molecular formula is C19H22N2O4S. The van der Waals surface area contributed by atoms with Crippen LogP contribution in [0, 0.1) is 0 Å². The molecule has 0 aromatic heterocycles. The van der Waals surface area contributed by atoms with Crippen molar-refractivity contribution < 1.29 is 18.3 Å². The number of hydrogen-bond acceptors (Lipinski definition) is 4. The van der Waals surface area contributed by atoms with Gasteiger partial charge in [0, 0.05) is 12.2 Å². The molecule has 1 fully saturated rings. The number of nitrogens with one attached hydrogen (secondary N) is 1. The van der Waals surface area contributed by atoms with Crippen LogP contribution in [-0.2, 0) is 16.6 Å². The fourth-order valence-electron chi connectivity index (χ4n) is 3.04. The number of aromatic carboxylic acids is 1. The van der Waals surface area contributed by atoms with Crippen molar-refractivity contribution >= 4 is 21.7 Å². The van der Waals surface area contributed by atoms with Gasteiger partial charge in [0.15, 0.2) is 0 Å². The monoisotopic (exact) mass is 374 g/mol. The van der Waals surface area contributed by atoms with E-state index in [2.05, 4.69) is 9.62 Å². The summed E-state index contributed by atoms with van der Waals surface area (Å²) in [5.41, 5.74) is 1.68. The van der Waals surface area contributed by atoms with E-state index in [-0.39, 0.29) is 10.5 Å². The lowest BCUT2D eigenvalue weighted by Gasteiger charge is -2.26. The maximum Gasteiger partial charge on any atom is 0.335 e. The Morgan fingerprint density at radius 2 is 1.58 bits per heavy atom. The third-order valence-electron chi connectivity index (χ3n) is 4.47. The molecule has 6 nitrogen and oxygen atoms in total. The zero-order valence-corrected chi connectivity index (χ0v) is 15.2. The molecule has 0 spiro atoms. The van der Waals surface area contributed by atoms with E-state index in [4.69, 9.17) is 5.11 Å². The molecule has 0 aliphatic carbocycles. The average molecular weight is 374 g/mol. The predicted octanol–water partition coefficient (Wildman–Crippen LogP) is 3.17. The fourth-order valence-corrected chi connectivity index (χ4v) is 4.10. The number of anilines is 1. The second-order valence-corrected chi connectivity index (χ2v) is 8.15. The normalized spacial score (nSPS) is 15.5. The molecule has 2 aromatic carbocycles. The lowest BCUT2D eigenvalue weighted by Crippen LogP contribution is -2.29. The van der Waals surface area contributed by atoms with Crippen LogP contribution in [0.5, 0.6) is 0 Å². The number of nitrogens with zero attached hydrogens (tertiary/aromatic N) is 1. The maximum atomic E-state index is 12.4. The second kappa shape index (κ2) is 7.88. The van der Waals surface area contributed by atoms with Crippen molar-refractivity contribution in [1.29, 1.82) is 0 Å². The van der Waals surface area contributed by atoms with Crippen LogP contribution < -0.4 is 4.72 Å². The first-order chi connectivity index (χ1) is 12.4. The number of likely N-dealkylation sites (tertiary alicyclic amines) is 1. The summed E-state index contributed by atoms with van der Waals surface area (Å²) in [6, 6.07) is 12.5. The summed E-state index contributed by atoms with van der Waals surface area (Å²) < 4.78 is 27.4. The van der Waals surface area contributed by atoms with Gasteiger partial charge in [0.2, 0.25) is 0 Å². The fraction of sp³-hybridized carbons (Fsp3) is 0.316. The third-order valence-corrected chi connectivity index (χ3v) is 5.87. The van der Waals surface area contributed by atoms with E-state index in [1.54, 1.807) is 12.1 Å². The summed E-state index contributed by atoms with van der Waals surface area (Å²) >= 11 is 0. The van der Waals surface area contributed by atoms with Gasteiger partial charge in [-0.3, -0.25) is 9.62 Å². The molecule has 0 bridgehead atoms. The molecule has 0 unspecified atom stereocenters. The number of benzene rings is 2. The van der Waals surface area contributed by atoms with Crippen LogP contribution in [0.2, 0.25) is 0 Å². The number of sulfonamides is 1. The van der Waals surface area contributed by atoms with E-state index >= 15 is 0 Å². The quantitative estimate of drug-likeness (QED) is 0.811. The Bertz CT molecular complexity index is 855. The summed E-state index contributed by atoms with van der Waals surface area (Å²) in [5, 5.41) is 8.89. The Hall–Kier alpha value is -2.38. The lowest BCUT2D eigenvalue weighted by molar-refractivity contribution is 0.0696. The van der Waals surface area contributed by atoms with Gasteiger partial charge in [0.05, 0.1) is 10.5 Å². The molecular weight excluding hydrogens is 352 g/mol. The summed E-state index contributed by atoms with van der Waals surface area (Å²) in [7, 11) is -3.75. The maximum absolute atomic E-state index is 12.4. The van der Waals surface area contributed by atoms with E-state index in [0.717, 1.165) is 25.2 Å². The van der Waals surface area contributed by atoms with Crippen LogP contribution >= 0.6 is 0 Å². The number of piperidine rings is 1. The molecule has 2 N–H and O–H groups in total. The van der Waals surface area contributed by atoms with Crippen molar-refractivity contribution in [3.63, 3.8) is 0 Å². The van der Waals surface area contributed by atoms with Gasteiger partial charge in [-0.05, 0) is 67.9 Å². The Balaban J connectivity index is 1.66. The number of carboxylic acids is 1. The molecule has 0 saturated carbocycles. The predicted molar refractivity (Wildman–Crippen MR) is 99.8 cm³/mol. The first-order valence-corrected chi connectivity index (χ1v) is 10.1. The largest absolute Gasteiger partial charge is 0.478 e. The summed E-state index contributed by atoms with van der Waals surface area (Å²) in [4.78, 5) is 13.3. The van der Waals surface area contributed by atoms with Gasteiger partial charge in [-0.25, -0.2) is 13.2 Å². The van der Waals surface area contributed by atoms with Crippen molar-refractivity contribution in [3.8, 4) is 0 Å². The highest BCUT2D eigenvalue weighted by Crippen LogP contribution is 2.19. The summed E-state index contributed by atoms with van der Waals surface area (Å²) in [5.74, 6) is -1.09. The van der Waals surface area contributed by atoms with E-state index in [1.807, 2.05) is 12.1 Å². The van der Waals surface area contributed by atoms with E-state index in [0.29, 0.717) is 5.69 Å². The molecule has 1 saturated heterocycles. The molecule has 0 amide bonds. The molecule has 2 aromatic rings. The average Bonchev–Trinajstić information content (AvgIpc) is 2.64. The molecule has 7 heteroatoms. The highest BCUT2D eigenvalue weighted by molar-refractivity contribution is 7.92. The van der Waals surface area contributed by atoms with E-state index in [1.165, 1.54) is 43.5 Å². The van der Waals surface area contributed by atoms with Crippen molar-refractivity contribution in [2.45, 2.75) is 30.7 Å². The first kappa shape index (κ1) is 18.4. The van der Waals surface area contributed by atoms with Gasteiger partial charge in [0.1, 0.15) is 0 Å². The van der Waals surface area contributed by atoms with Crippen molar-refractivity contribution in [3.05, 3.63) is 59.7 Å². The second-order valence-electron chi connectivity index (χ2n) is 6.47. The molecule has 3 rings (SSSR count). The number of hydrogen-bond donors (Lipinski definition) is 2. The van der Waals surface area contributed by atoms with Gasteiger partial charge in [-0.15, -0.1) is 0 Å². The van der Waals surface area contributed by atoms with Crippen LogP contribution in [0.3, 0.4) is 0 Å². The topological polar surface area (TPSA) is 86.7 Å². The molecule has 1 aliphatic heterocycles. The minimum absolute atomic E-state index is 0.0277. The number of carboxylic acid groups (broad SMARTS) is 1. The lowest BCUT2D eigenvalue weighted by atomic mass is 10.1. The highest BCUT2D eigenvalue weighted by Gasteiger charge is 2.15. The van der Waals surface area contributed by atoms with Gasteiger partial charge in [-0.2, -0.15) is 0 Å². The van der Waals surface area contributed by atoms with Crippen LogP contribution in [-0.4, -0.2) is 37.5 Å². The summed E-state index contributed by atoms with van der Waals surface area (Å²) in [6.07, 6.45) is 3.77. The number of rotatable bonds is 6. The Kier molecular flexibility index (Phi) is 5.58. The van der Waals surface area contributed by atoms with Crippen LogP contribution in [0.4, 0.5) is 5.69 Å². The van der Waals surface area contributed by atoms with Crippen LogP contribution in [0.15, 0.2) is 53.4 Å². The van der Waals surface area contributed by atoms with Gasteiger partial charge < -0.3 is 5.11 Å². The zero-order chi connectivity index (χ0) is 18.6. The Morgan fingerprint density at radius 1 is 0.962 bits per heavy atom. The molecule has 1 aliphatic rings. The van der Waals surface area contributed by atoms with Crippen LogP contribution in [0.1, 0.15) is 35.2 Å². The SMILES string of the molecule is O=C(O)c1ccc(S(=O)(=O)Nc2ccc(CN3CCCCC3)cc2)cc1. The standard InChI is InChI=1S/C19H22N2O4S/c22-19(23)16-6-10-18(11-7-16)26(24,25)20-17-8-4-15(5-9-17)14-21-12-2-1-3-13-21/h4-11,20H,1-3,12-14H2,(H,22,23). The van der Waals surface area contributed by atoms with Crippen molar-refractivity contribution in [2.75, 3.05) is 17.8 Å². The third kappa shape index (κ3) is 4.62. The minimum atomic E-state index is -3.75. The Labute approximate surface area is 153 Å². The minimum Gasteiger partial charge on any atom is -0.478 e. The first-order valence-electron chi connectivity index (χ1n) is 8.61. The molecule has 26 heavy (non-hydrogen) atoms. The highest BCUT2D eigenvalue weighted by atomic mass is 32.2. The number of carbonyl (C=O) groups is 1. The zero-order valence-electron chi connectivity index (χ0n) is 14.4. The van der Waals surface area contributed by atoms with Crippen LogP contribution in [0.25, 0.3) is 0 Å². The van der Waals surface area contributed by atoms with Crippen molar-refractivity contribution in [2.24, 2.45) is 0 Å². The van der Waals surface area contributed by atoms with Gasteiger partial charge in [-0.1, -0.05) is 18.6 Å². The molecule has 0 atom stereocenters. The molecule has 138 valence electrons. The van der Waals surface area contributed by atoms with Crippen molar-refractivity contribution in [1.82, 2.24) is 4.90 Å². The van der Waals surface area contributed by atoms with Gasteiger partial charge >= 0.3 is 5.97 Å². The summed E-state index contributed by atoms with van der Waals surface area (Å²) in [6.45, 7) is 3.10. The molecule has 0 radical (unpaired) electrons. The Morgan fingerprint density at radius 3 is 2.15 bits per heavy atom. The molecule has 1 heterocycles. The van der Waals surface area contributed by atoms with E-state index < -0.39 is 16.0 Å². The smallest absolute Gasteiger partial charge is 0.335 e. The van der Waals surface area contributed by atoms with Gasteiger partial charge in [0.25, 0.3) is 10.0 Å².